The molecular formula is C33H30N6O2. The van der Waals surface area contributed by atoms with E-state index in [0.717, 1.165) is 46.3 Å². The van der Waals surface area contributed by atoms with Crippen molar-refractivity contribution in [2.24, 2.45) is 0 Å². The van der Waals surface area contributed by atoms with Gasteiger partial charge in [-0.15, -0.1) is 5.10 Å². The zero-order valence-corrected chi connectivity index (χ0v) is 22.6. The first-order chi connectivity index (χ1) is 20.2. The van der Waals surface area contributed by atoms with Crippen LogP contribution in [0.3, 0.4) is 0 Å². The third-order valence-electron chi connectivity index (χ3n) is 8.07. The topological polar surface area (TPSA) is 82.8 Å². The number of likely N-dealkylation sites (tertiary alicyclic amines) is 1. The molecule has 4 heterocycles. The van der Waals surface area contributed by atoms with Gasteiger partial charge in [-0.05, 0) is 41.7 Å². The van der Waals surface area contributed by atoms with Crippen LogP contribution in [-0.2, 0) is 17.8 Å². The van der Waals surface area contributed by atoms with Crippen LogP contribution in [0.1, 0.15) is 34.6 Å². The summed E-state index contributed by atoms with van der Waals surface area (Å²) in [6, 6.07) is 30.3. The van der Waals surface area contributed by atoms with Crippen molar-refractivity contribution < 1.29 is 9.59 Å². The third kappa shape index (κ3) is 4.71. The summed E-state index contributed by atoms with van der Waals surface area (Å²) in [6.07, 6.45) is 3.76. The number of nitrogens with zero attached hydrogens (tertiary/aromatic N) is 5. The Bertz CT molecular complexity index is 1730. The molecule has 1 fully saturated rings. The predicted octanol–water partition coefficient (Wildman–Crippen LogP) is 5.20. The number of piperidine rings is 1. The number of amides is 2. The van der Waals surface area contributed by atoms with Gasteiger partial charge < -0.3 is 15.1 Å². The van der Waals surface area contributed by atoms with Crippen molar-refractivity contribution in [2.75, 3.05) is 23.3 Å². The van der Waals surface area contributed by atoms with E-state index in [0.29, 0.717) is 31.9 Å². The molecule has 2 aromatic heterocycles. The fourth-order valence-electron chi connectivity index (χ4n) is 6.02. The van der Waals surface area contributed by atoms with Gasteiger partial charge in [0.05, 0.1) is 6.42 Å². The molecule has 8 heteroatoms. The van der Waals surface area contributed by atoms with Gasteiger partial charge in [-0.1, -0.05) is 78.9 Å². The lowest BCUT2D eigenvalue weighted by atomic mass is 10.0. The standard InChI is InChI=1S/C33H30N6O2/c40-29-21-25-13-7-8-14-28(25)39(29)26-15-18-37(19-16-26)33(41)32-35-31(34-22-23-9-3-1-4-10-23)30-27(17-20-38(30)36-32)24-11-5-2-6-12-24/h1-14,17,20,26H,15-16,18-19,21-22H2,(H,34,35,36). The summed E-state index contributed by atoms with van der Waals surface area (Å²) in [5, 5.41) is 8.13. The van der Waals surface area contributed by atoms with Crippen molar-refractivity contribution in [3.05, 3.63) is 114 Å². The maximum atomic E-state index is 13.7. The molecule has 2 amide bonds. The van der Waals surface area contributed by atoms with E-state index >= 15 is 0 Å². The summed E-state index contributed by atoms with van der Waals surface area (Å²) in [7, 11) is 0. The average molecular weight is 543 g/mol. The zero-order chi connectivity index (χ0) is 27.8. The molecule has 7 rings (SSSR count). The summed E-state index contributed by atoms with van der Waals surface area (Å²) >= 11 is 0. The lowest BCUT2D eigenvalue weighted by molar-refractivity contribution is -0.118. The molecule has 0 aliphatic carbocycles. The van der Waals surface area contributed by atoms with E-state index in [1.54, 1.807) is 4.52 Å². The second kappa shape index (κ2) is 10.5. The molecule has 8 nitrogen and oxygen atoms in total. The molecule has 2 aliphatic rings. The Labute approximate surface area is 238 Å². The molecular weight excluding hydrogens is 512 g/mol. The van der Waals surface area contributed by atoms with Gasteiger partial charge in [-0.2, -0.15) is 0 Å². The monoisotopic (exact) mass is 542 g/mol. The van der Waals surface area contributed by atoms with Crippen LogP contribution in [0, 0.1) is 0 Å². The molecule has 2 aliphatic heterocycles. The number of nitrogens with one attached hydrogen (secondary N) is 1. The van der Waals surface area contributed by atoms with Crippen molar-refractivity contribution in [2.45, 2.75) is 31.8 Å². The number of benzene rings is 3. The molecule has 0 saturated carbocycles. The van der Waals surface area contributed by atoms with E-state index in [9.17, 15) is 9.59 Å². The van der Waals surface area contributed by atoms with Gasteiger partial charge >= 0.3 is 0 Å². The SMILES string of the molecule is O=C(c1nc(NCc2ccccc2)c2c(-c3ccccc3)ccn2n1)N1CCC(N2C(=O)Cc3ccccc32)CC1. The van der Waals surface area contributed by atoms with Crippen molar-refractivity contribution in [3.8, 4) is 11.1 Å². The highest BCUT2D eigenvalue weighted by Gasteiger charge is 2.36. The first-order valence-corrected chi connectivity index (χ1v) is 14.1. The Hall–Kier alpha value is -4.98. The number of hydrogen-bond donors (Lipinski definition) is 1. The Kier molecular flexibility index (Phi) is 6.43. The number of aromatic nitrogens is 3. The minimum atomic E-state index is -0.198. The van der Waals surface area contributed by atoms with Crippen LogP contribution in [0.25, 0.3) is 16.6 Å². The molecule has 0 spiro atoms. The van der Waals surface area contributed by atoms with Crippen LogP contribution in [0.4, 0.5) is 11.5 Å². The summed E-state index contributed by atoms with van der Waals surface area (Å²) in [4.78, 5) is 35.1. The normalized spacial score (nSPS) is 15.4. The lowest BCUT2D eigenvalue weighted by Gasteiger charge is -2.36. The quantitative estimate of drug-likeness (QED) is 0.319. The van der Waals surface area contributed by atoms with Gasteiger partial charge in [0.1, 0.15) is 5.52 Å². The third-order valence-corrected chi connectivity index (χ3v) is 8.07. The molecule has 5 aromatic rings. The van der Waals surface area contributed by atoms with Gasteiger partial charge in [0, 0.05) is 43.1 Å². The molecule has 41 heavy (non-hydrogen) atoms. The van der Waals surface area contributed by atoms with Gasteiger partial charge in [0.25, 0.3) is 5.91 Å². The van der Waals surface area contributed by atoms with E-state index in [1.165, 1.54) is 0 Å². The van der Waals surface area contributed by atoms with E-state index in [-0.39, 0.29) is 23.7 Å². The molecule has 3 aromatic carbocycles. The largest absolute Gasteiger partial charge is 0.364 e. The Balaban J connectivity index is 1.15. The van der Waals surface area contributed by atoms with Crippen molar-refractivity contribution in [1.29, 1.82) is 0 Å². The summed E-state index contributed by atoms with van der Waals surface area (Å²) in [5.41, 5.74) is 6.08. The summed E-state index contributed by atoms with van der Waals surface area (Å²) in [5.74, 6) is 0.714. The molecule has 0 radical (unpaired) electrons. The number of para-hydroxylation sites is 1. The molecule has 1 saturated heterocycles. The second-order valence-electron chi connectivity index (χ2n) is 10.6. The highest BCUT2D eigenvalue weighted by molar-refractivity contribution is 6.02. The fourth-order valence-corrected chi connectivity index (χ4v) is 6.02. The van der Waals surface area contributed by atoms with E-state index in [2.05, 4.69) is 34.7 Å². The van der Waals surface area contributed by atoms with Crippen molar-refractivity contribution >= 4 is 28.8 Å². The van der Waals surface area contributed by atoms with Crippen LogP contribution >= 0.6 is 0 Å². The minimum absolute atomic E-state index is 0.0829. The molecule has 204 valence electrons. The Morgan fingerprint density at radius 2 is 1.59 bits per heavy atom. The summed E-state index contributed by atoms with van der Waals surface area (Å²) in [6.45, 7) is 1.66. The maximum Gasteiger partial charge on any atom is 0.293 e. The van der Waals surface area contributed by atoms with E-state index in [1.807, 2.05) is 82.7 Å². The minimum Gasteiger partial charge on any atom is -0.364 e. The van der Waals surface area contributed by atoms with Crippen LogP contribution < -0.4 is 10.2 Å². The molecule has 0 unspecified atom stereocenters. The van der Waals surface area contributed by atoms with E-state index < -0.39 is 0 Å². The number of fused-ring (bicyclic) bond motifs is 2. The molecule has 0 atom stereocenters. The van der Waals surface area contributed by atoms with Crippen LogP contribution in [0.15, 0.2) is 97.2 Å². The zero-order valence-electron chi connectivity index (χ0n) is 22.6. The number of carbonyl (C=O) groups excluding carboxylic acids is 2. The molecule has 0 bridgehead atoms. The van der Waals surface area contributed by atoms with E-state index in [4.69, 9.17) is 4.98 Å². The summed E-state index contributed by atoms with van der Waals surface area (Å²) < 4.78 is 1.75. The number of hydrogen-bond acceptors (Lipinski definition) is 5. The first kappa shape index (κ1) is 25.0. The van der Waals surface area contributed by atoms with Crippen molar-refractivity contribution in [1.82, 2.24) is 19.5 Å². The second-order valence-corrected chi connectivity index (χ2v) is 10.6. The Morgan fingerprint density at radius 3 is 2.37 bits per heavy atom. The maximum absolute atomic E-state index is 13.7. The smallest absolute Gasteiger partial charge is 0.293 e. The van der Waals surface area contributed by atoms with Crippen molar-refractivity contribution in [3.63, 3.8) is 0 Å². The average Bonchev–Trinajstić information content (AvgIpc) is 3.61. The Morgan fingerprint density at radius 1 is 0.878 bits per heavy atom. The van der Waals surface area contributed by atoms with Gasteiger partial charge in [0.2, 0.25) is 11.7 Å². The van der Waals surface area contributed by atoms with Gasteiger partial charge in [-0.25, -0.2) is 9.50 Å². The number of rotatable bonds is 6. The highest BCUT2D eigenvalue weighted by Crippen LogP contribution is 2.34. The van der Waals surface area contributed by atoms with Crippen LogP contribution in [-0.4, -0.2) is 50.4 Å². The number of anilines is 2. The van der Waals surface area contributed by atoms with Gasteiger partial charge in [0.15, 0.2) is 5.82 Å². The highest BCUT2D eigenvalue weighted by atomic mass is 16.2. The number of carbonyl (C=O) groups is 2. The lowest BCUT2D eigenvalue weighted by Crippen LogP contribution is -2.48. The van der Waals surface area contributed by atoms with Crippen LogP contribution in [0.5, 0.6) is 0 Å². The van der Waals surface area contributed by atoms with Gasteiger partial charge in [-0.3, -0.25) is 9.59 Å². The fraction of sp³-hybridized carbons (Fsp3) is 0.212. The first-order valence-electron chi connectivity index (χ1n) is 14.1. The predicted molar refractivity (Wildman–Crippen MR) is 159 cm³/mol. The molecule has 1 N–H and O–H groups in total. The van der Waals surface area contributed by atoms with Crippen LogP contribution in [0.2, 0.25) is 0 Å².